The molecule has 1 saturated carbocycles. The first kappa shape index (κ1) is 13.4. The third kappa shape index (κ3) is 2.29. The minimum absolute atomic E-state index is 0.0863. The van der Waals surface area contributed by atoms with Gasteiger partial charge in [-0.15, -0.1) is 0 Å². The molecular formula is C16H18F2N2. The summed E-state index contributed by atoms with van der Waals surface area (Å²) in [7, 11) is 0. The van der Waals surface area contributed by atoms with Crippen LogP contribution in [0.5, 0.6) is 0 Å². The fraction of sp³-hybridized carbons (Fsp3) is 0.438. The van der Waals surface area contributed by atoms with Crippen molar-refractivity contribution in [3.05, 3.63) is 42.1 Å². The van der Waals surface area contributed by atoms with Gasteiger partial charge in [0.2, 0.25) is 5.92 Å². The van der Waals surface area contributed by atoms with Gasteiger partial charge in [0, 0.05) is 36.4 Å². The van der Waals surface area contributed by atoms with Crippen molar-refractivity contribution in [2.24, 2.45) is 5.73 Å². The first-order chi connectivity index (χ1) is 9.55. The number of fused-ring (bicyclic) bond motifs is 1. The van der Waals surface area contributed by atoms with E-state index in [2.05, 4.69) is 11.1 Å². The summed E-state index contributed by atoms with van der Waals surface area (Å²) in [5, 5.41) is 1.04. The lowest BCUT2D eigenvalue weighted by atomic mass is 9.68. The second-order valence-corrected chi connectivity index (χ2v) is 5.76. The van der Waals surface area contributed by atoms with Gasteiger partial charge in [-0.1, -0.05) is 18.2 Å². The first-order valence-corrected chi connectivity index (χ1v) is 6.98. The minimum Gasteiger partial charge on any atom is -0.330 e. The van der Waals surface area contributed by atoms with Crippen molar-refractivity contribution >= 4 is 10.9 Å². The van der Waals surface area contributed by atoms with Crippen LogP contribution in [0.1, 0.15) is 31.2 Å². The molecule has 0 aliphatic heterocycles. The fourth-order valence-electron chi connectivity index (χ4n) is 3.07. The van der Waals surface area contributed by atoms with Crippen LogP contribution in [0.25, 0.3) is 10.9 Å². The van der Waals surface area contributed by atoms with Crippen LogP contribution in [0.3, 0.4) is 0 Å². The molecule has 0 bridgehead atoms. The normalized spacial score (nSPS) is 20.9. The summed E-state index contributed by atoms with van der Waals surface area (Å²) in [4.78, 5) is 4.44. The molecule has 0 atom stereocenters. The predicted octanol–water partition coefficient (Wildman–Crippen LogP) is 3.64. The molecule has 1 heterocycles. The van der Waals surface area contributed by atoms with Gasteiger partial charge in [-0.3, -0.25) is 4.98 Å². The molecule has 1 aromatic carbocycles. The van der Waals surface area contributed by atoms with Gasteiger partial charge in [-0.05, 0) is 30.5 Å². The molecule has 20 heavy (non-hydrogen) atoms. The third-order valence-corrected chi connectivity index (χ3v) is 4.53. The Morgan fingerprint density at radius 2 is 1.80 bits per heavy atom. The monoisotopic (exact) mass is 276 g/mol. The van der Waals surface area contributed by atoms with E-state index in [0.717, 1.165) is 16.5 Å². The summed E-state index contributed by atoms with van der Waals surface area (Å²) < 4.78 is 26.8. The maximum Gasteiger partial charge on any atom is 0.248 e. The lowest BCUT2D eigenvalue weighted by molar-refractivity contribution is -0.0509. The van der Waals surface area contributed by atoms with Crippen LogP contribution < -0.4 is 5.73 Å². The SMILES string of the molecule is NCC1(c2cnc3ccccc3c2)CCC(F)(F)CC1. The predicted molar refractivity (Wildman–Crippen MR) is 75.9 cm³/mol. The average Bonchev–Trinajstić information content (AvgIpc) is 2.47. The Morgan fingerprint density at radius 1 is 1.10 bits per heavy atom. The van der Waals surface area contributed by atoms with E-state index >= 15 is 0 Å². The summed E-state index contributed by atoms with van der Waals surface area (Å²) in [5.41, 5.74) is 7.50. The van der Waals surface area contributed by atoms with Crippen LogP contribution in [-0.2, 0) is 5.41 Å². The standard InChI is InChI=1S/C16H18F2N2/c17-16(18)7-5-15(11-19,6-8-16)13-9-12-3-1-2-4-14(12)20-10-13/h1-4,9-10H,5-8,11,19H2. The van der Waals surface area contributed by atoms with Gasteiger partial charge in [0.1, 0.15) is 0 Å². The number of alkyl halides is 2. The van der Waals surface area contributed by atoms with Crippen molar-refractivity contribution in [2.75, 3.05) is 6.54 Å². The highest BCUT2D eigenvalue weighted by atomic mass is 19.3. The molecule has 3 rings (SSSR count). The van der Waals surface area contributed by atoms with Crippen LogP contribution in [-0.4, -0.2) is 17.5 Å². The van der Waals surface area contributed by atoms with Gasteiger partial charge in [0.15, 0.2) is 0 Å². The van der Waals surface area contributed by atoms with E-state index in [1.165, 1.54) is 0 Å². The van der Waals surface area contributed by atoms with Crippen LogP contribution >= 0.6 is 0 Å². The molecule has 2 nitrogen and oxygen atoms in total. The molecular weight excluding hydrogens is 258 g/mol. The van der Waals surface area contributed by atoms with E-state index in [1.807, 2.05) is 24.3 Å². The minimum atomic E-state index is -2.54. The Balaban J connectivity index is 1.99. The van der Waals surface area contributed by atoms with Crippen LogP contribution in [0.4, 0.5) is 8.78 Å². The third-order valence-electron chi connectivity index (χ3n) is 4.53. The Hall–Kier alpha value is -1.55. The Morgan fingerprint density at radius 3 is 2.50 bits per heavy atom. The Kier molecular flexibility index (Phi) is 3.21. The summed E-state index contributed by atoms with van der Waals surface area (Å²) >= 11 is 0. The zero-order valence-electron chi connectivity index (χ0n) is 11.3. The molecule has 0 spiro atoms. The average molecular weight is 276 g/mol. The quantitative estimate of drug-likeness (QED) is 0.909. The number of nitrogens with two attached hydrogens (primary N) is 1. The van der Waals surface area contributed by atoms with Gasteiger partial charge in [0.25, 0.3) is 0 Å². The molecule has 2 aromatic rings. The molecule has 1 aromatic heterocycles. The number of nitrogens with zero attached hydrogens (tertiary/aromatic N) is 1. The molecule has 2 N–H and O–H groups in total. The molecule has 4 heteroatoms. The summed E-state index contributed by atoms with van der Waals surface area (Å²) in [5.74, 6) is -2.54. The molecule has 106 valence electrons. The Bertz CT molecular complexity index is 615. The molecule has 1 aliphatic carbocycles. The van der Waals surface area contributed by atoms with E-state index in [9.17, 15) is 8.78 Å². The van der Waals surface area contributed by atoms with Crippen molar-refractivity contribution < 1.29 is 8.78 Å². The molecule has 1 fully saturated rings. The highest BCUT2D eigenvalue weighted by Gasteiger charge is 2.43. The van der Waals surface area contributed by atoms with Crippen LogP contribution in [0, 0.1) is 0 Å². The molecule has 0 radical (unpaired) electrons. The van der Waals surface area contributed by atoms with Crippen molar-refractivity contribution in [1.29, 1.82) is 0 Å². The zero-order chi connectivity index (χ0) is 14.2. The second-order valence-electron chi connectivity index (χ2n) is 5.76. The molecule has 1 aliphatic rings. The molecule has 0 amide bonds. The van der Waals surface area contributed by atoms with Gasteiger partial charge in [-0.25, -0.2) is 8.78 Å². The largest absolute Gasteiger partial charge is 0.330 e. The van der Waals surface area contributed by atoms with E-state index in [0.29, 0.717) is 19.4 Å². The van der Waals surface area contributed by atoms with Gasteiger partial charge >= 0.3 is 0 Å². The fourth-order valence-corrected chi connectivity index (χ4v) is 3.07. The maximum absolute atomic E-state index is 13.4. The topological polar surface area (TPSA) is 38.9 Å². The van der Waals surface area contributed by atoms with Gasteiger partial charge < -0.3 is 5.73 Å². The molecule has 0 saturated heterocycles. The summed E-state index contributed by atoms with van der Waals surface area (Å²) in [6.45, 7) is 0.392. The van der Waals surface area contributed by atoms with Crippen LogP contribution in [0.15, 0.2) is 36.5 Å². The van der Waals surface area contributed by atoms with Gasteiger partial charge in [-0.2, -0.15) is 0 Å². The number of pyridine rings is 1. The number of hydrogen-bond acceptors (Lipinski definition) is 2. The molecule has 0 unspecified atom stereocenters. The number of rotatable bonds is 2. The first-order valence-electron chi connectivity index (χ1n) is 6.98. The number of hydrogen-bond donors (Lipinski definition) is 1. The zero-order valence-corrected chi connectivity index (χ0v) is 11.3. The second kappa shape index (κ2) is 4.77. The van der Waals surface area contributed by atoms with Crippen molar-refractivity contribution in [1.82, 2.24) is 4.98 Å². The van der Waals surface area contributed by atoms with Gasteiger partial charge in [0.05, 0.1) is 5.52 Å². The van der Waals surface area contributed by atoms with E-state index in [1.54, 1.807) is 6.20 Å². The number of benzene rings is 1. The smallest absolute Gasteiger partial charge is 0.248 e. The highest BCUT2D eigenvalue weighted by molar-refractivity contribution is 5.79. The van der Waals surface area contributed by atoms with Crippen molar-refractivity contribution in [3.63, 3.8) is 0 Å². The lowest BCUT2D eigenvalue weighted by Crippen LogP contribution is -2.42. The summed E-state index contributed by atoms with van der Waals surface area (Å²) in [6, 6.07) is 9.89. The summed E-state index contributed by atoms with van der Waals surface area (Å²) in [6.07, 6.45) is 2.49. The Labute approximate surface area is 117 Å². The maximum atomic E-state index is 13.4. The number of halogens is 2. The number of para-hydroxylation sites is 1. The van der Waals surface area contributed by atoms with Crippen molar-refractivity contribution in [2.45, 2.75) is 37.0 Å². The lowest BCUT2D eigenvalue weighted by Gasteiger charge is -2.39. The van der Waals surface area contributed by atoms with E-state index < -0.39 is 5.92 Å². The van der Waals surface area contributed by atoms with E-state index in [4.69, 9.17) is 5.73 Å². The number of aromatic nitrogens is 1. The van der Waals surface area contributed by atoms with Crippen LogP contribution in [0.2, 0.25) is 0 Å². The highest BCUT2D eigenvalue weighted by Crippen LogP contribution is 2.45. The van der Waals surface area contributed by atoms with Crippen molar-refractivity contribution in [3.8, 4) is 0 Å². The van der Waals surface area contributed by atoms with E-state index in [-0.39, 0.29) is 18.3 Å².